The third-order valence-corrected chi connectivity index (χ3v) is 8.40. The fraction of sp³-hybridized carbons (Fsp3) is 0.487. The molecule has 0 spiro atoms. The van der Waals surface area contributed by atoms with Gasteiger partial charge in [0.2, 0.25) is 17.7 Å². The summed E-state index contributed by atoms with van der Waals surface area (Å²) in [6.07, 6.45) is -0.378. The van der Waals surface area contributed by atoms with Crippen LogP contribution < -0.4 is 21.3 Å². The van der Waals surface area contributed by atoms with Crippen LogP contribution in [0.2, 0.25) is 0 Å². The number of alkyl carbamates (subject to hydrolysis) is 1. The molecule has 0 bridgehead atoms. The van der Waals surface area contributed by atoms with Crippen LogP contribution in [-0.4, -0.2) is 59.2 Å². The van der Waals surface area contributed by atoms with Crippen molar-refractivity contribution in [3.63, 3.8) is 0 Å². The van der Waals surface area contributed by atoms with Crippen molar-refractivity contribution in [2.24, 2.45) is 11.8 Å². The summed E-state index contributed by atoms with van der Waals surface area (Å²) in [6.45, 7) is 11.7. The molecule has 0 aliphatic rings. The molecule has 266 valence electrons. The predicted octanol–water partition coefficient (Wildman–Crippen LogP) is 5.40. The van der Waals surface area contributed by atoms with Crippen molar-refractivity contribution >= 4 is 34.6 Å². The van der Waals surface area contributed by atoms with Crippen molar-refractivity contribution in [1.82, 2.24) is 21.3 Å². The Morgan fingerprint density at radius 2 is 1.35 bits per heavy atom. The quantitative estimate of drug-likeness (QED) is 0.122. The van der Waals surface area contributed by atoms with E-state index in [2.05, 4.69) is 21.3 Å². The zero-order valence-electron chi connectivity index (χ0n) is 29.7. The Bertz CT molecular complexity index is 1510. The maximum absolute atomic E-state index is 14.0. The van der Waals surface area contributed by atoms with Gasteiger partial charge in [-0.2, -0.15) is 0 Å². The van der Waals surface area contributed by atoms with E-state index in [-0.39, 0.29) is 43.2 Å². The molecule has 49 heavy (non-hydrogen) atoms. The number of carbonyl (C=O) groups is 4. The van der Waals surface area contributed by atoms with Crippen molar-refractivity contribution in [2.45, 2.75) is 111 Å². The number of benzene rings is 3. The van der Waals surface area contributed by atoms with Gasteiger partial charge in [-0.25, -0.2) is 4.79 Å². The summed E-state index contributed by atoms with van der Waals surface area (Å²) in [5.41, 5.74) is 1.65. The highest BCUT2D eigenvalue weighted by Crippen LogP contribution is 2.20. The summed E-state index contributed by atoms with van der Waals surface area (Å²) in [5.74, 6) is -1.15. The lowest BCUT2D eigenvalue weighted by atomic mass is 9.95. The van der Waals surface area contributed by atoms with E-state index in [1.165, 1.54) is 0 Å². The largest absolute Gasteiger partial charge is 0.445 e. The van der Waals surface area contributed by atoms with Crippen LogP contribution >= 0.6 is 0 Å². The second-order valence-corrected chi connectivity index (χ2v) is 13.7. The Hall–Kier alpha value is -4.44. The molecule has 4 amide bonds. The second-order valence-electron chi connectivity index (χ2n) is 13.7. The van der Waals surface area contributed by atoms with Crippen LogP contribution in [-0.2, 0) is 32.1 Å². The van der Waals surface area contributed by atoms with E-state index in [1.54, 1.807) is 0 Å². The van der Waals surface area contributed by atoms with Crippen LogP contribution in [0.1, 0.15) is 78.4 Å². The lowest BCUT2D eigenvalue weighted by molar-refractivity contribution is -0.131. The van der Waals surface area contributed by atoms with Crippen LogP contribution in [0.3, 0.4) is 0 Å². The van der Waals surface area contributed by atoms with Gasteiger partial charge in [0.05, 0.1) is 18.6 Å². The Labute approximate surface area is 290 Å². The maximum Gasteiger partial charge on any atom is 0.408 e. The van der Waals surface area contributed by atoms with E-state index in [4.69, 9.17) is 4.74 Å². The van der Waals surface area contributed by atoms with Gasteiger partial charge in [-0.05, 0) is 59.9 Å². The molecule has 0 aliphatic carbocycles. The number of carbonyl (C=O) groups excluding carboxylic acids is 4. The molecule has 0 aliphatic heterocycles. The molecule has 0 heterocycles. The average molecular weight is 675 g/mol. The van der Waals surface area contributed by atoms with E-state index in [1.807, 2.05) is 114 Å². The first kappa shape index (κ1) is 39.0. The van der Waals surface area contributed by atoms with Crippen molar-refractivity contribution < 1.29 is 29.0 Å². The van der Waals surface area contributed by atoms with Crippen LogP contribution in [0, 0.1) is 11.8 Å². The van der Waals surface area contributed by atoms with Gasteiger partial charge < -0.3 is 31.1 Å². The third-order valence-electron chi connectivity index (χ3n) is 8.40. The first-order chi connectivity index (χ1) is 23.4. The standard InChI is InChI=1S/C39H54N4O6/c1-7-27(6)40-36(45)23-35(44)32(20-25(2)3)41-37(46)33(21-26(4)5)42-38(47)34(43-39(48)49-24-28-14-9-8-10-15-28)22-30-18-13-17-29-16-11-12-19-31(29)30/h8-19,25-27,32-35,44H,7,20-24H2,1-6H3,(H,40,45)(H,41,46)(H,42,47)(H,43,48)/t27?,32-,33-,34-,35-/m0/s1. The van der Waals surface area contributed by atoms with E-state index < -0.39 is 42.1 Å². The Balaban J connectivity index is 1.82. The number of aliphatic hydroxyl groups is 1. The summed E-state index contributed by atoms with van der Waals surface area (Å²) >= 11 is 0. The highest BCUT2D eigenvalue weighted by atomic mass is 16.5. The number of nitrogens with one attached hydrogen (secondary N) is 4. The SMILES string of the molecule is CCC(C)NC(=O)C[C@H](O)[C@H](CC(C)C)NC(=O)[C@H](CC(C)C)NC(=O)[C@H](Cc1cccc2ccccc12)NC(=O)OCc1ccccc1. The molecule has 5 atom stereocenters. The minimum atomic E-state index is -1.12. The number of ether oxygens (including phenoxy) is 1. The fourth-order valence-corrected chi connectivity index (χ4v) is 5.65. The lowest BCUT2D eigenvalue weighted by Crippen LogP contribution is -2.57. The Morgan fingerprint density at radius 3 is 2.02 bits per heavy atom. The highest BCUT2D eigenvalue weighted by Gasteiger charge is 2.32. The van der Waals surface area contributed by atoms with Crippen molar-refractivity contribution in [3.8, 4) is 0 Å². The normalized spacial score (nSPS) is 14.4. The van der Waals surface area contributed by atoms with Gasteiger partial charge in [-0.1, -0.05) is 107 Å². The molecule has 3 aromatic rings. The minimum Gasteiger partial charge on any atom is -0.445 e. The number of aliphatic hydroxyl groups excluding tert-OH is 1. The molecular formula is C39H54N4O6. The lowest BCUT2D eigenvalue weighted by Gasteiger charge is -2.29. The maximum atomic E-state index is 14.0. The monoisotopic (exact) mass is 674 g/mol. The average Bonchev–Trinajstić information content (AvgIpc) is 3.06. The molecule has 10 nitrogen and oxygen atoms in total. The third kappa shape index (κ3) is 13.2. The van der Waals surface area contributed by atoms with Crippen molar-refractivity contribution in [3.05, 3.63) is 83.9 Å². The smallest absolute Gasteiger partial charge is 0.408 e. The first-order valence-electron chi connectivity index (χ1n) is 17.4. The van der Waals surface area contributed by atoms with E-state index in [0.717, 1.165) is 28.3 Å². The zero-order valence-corrected chi connectivity index (χ0v) is 29.7. The minimum absolute atomic E-state index is 0.0304. The molecule has 5 N–H and O–H groups in total. The Morgan fingerprint density at radius 1 is 0.714 bits per heavy atom. The molecule has 0 aromatic heterocycles. The van der Waals surface area contributed by atoms with Gasteiger partial charge in [-0.3, -0.25) is 14.4 Å². The van der Waals surface area contributed by atoms with Gasteiger partial charge >= 0.3 is 6.09 Å². The number of hydrogen-bond donors (Lipinski definition) is 5. The van der Waals surface area contributed by atoms with Gasteiger partial charge in [0.1, 0.15) is 18.7 Å². The Kier molecular flexibility index (Phi) is 15.5. The van der Waals surface area contributed by atoms with E-state index in [0.29, 0.717) is 12.8 Å². The predicted molar refractivity (Wildman–Crippen MR) is 192 cm³/mol. The molecule has 3 aromatic carbocycles. The zero-order chi connectivity index (χ0) is 35.9. The highest BCUT2D eigenvalue weighted by molar-refractivity contribution is 5.92. The van der Waals surface area contributed by atoms with E-state index >= 15 is 0 Å². The van der Waals surface area contributed by atoms with Crippen molar-refractivity contribution in [1.29, 1.82) is 0 Å². The van der Waals surface area contributed by atoms with Crippen molar-refractivity contribution in [2.75, 3.05) is 0 Å². The summed E-state index contributed by atoms with van der Waals surface area (Å²) in [7, 11) is 0. The summed E-state index contributed by atoms with van der Waals surface area (Å²) in [6, 6.07) is 20.1. The fourth-order valence-electron chi connectivity index (χ4n) is 5.65. The molecule has 3 rings (SSSR count). The van der Waals surface area contributed by atoms with Gasteiger partial charge in [-0.15, -0.1) is 0 Å². The number of fused-ring (bicyclic) bond motifs is 1. The van der Waals surface area contributed by atoms with Gasteiger partial charge in [0, 0.05) is 12.5 Å². The van der Waals surface area contributed by atoms with Crippen LogP contribution in [0.25, 0.3) is 10.8 Å². The number of amides is 4. The summed E-state index contributed by atoms with van der Waals surface area (Å²) in [5, 5.41) is 24.4. The number of hydrogen-bond acceptors (Lipinski definition) is 6. The first-order valence-corrected chi connectivity index (χ1v) is 17.4. The summed E-state index contributed by atoms with van der Waals surface area (Å²) < 4.78 is 5.46. The molecule has 0 saturated carbocycles. The van der Waals surface area contributed by atoms with E-state index in [9.17, 15) is 24.3 Å². The molecular weight excluding hydrogens is 620 g/mol. The second kappa shape index (κ2) is 19.5. The van der Waals surface area contributed by atoms with Gasteiger partial charge in [0.15, 0.2) is 0 Å². The van der Waals surface area contributed by atoms with Crippen LogP contribution in [0.5, 0.6) is 0 Å². The molecule has 0 fully saturated rings. The van der Waals surface area contributed by atoms with Crippen LogP contribution in [0.15, 0.2) is 72.8 Å². The van der Waals surface area contributed by atoms with Gasteiger partial charge in [0.25, 0.3) is 0 Å². The molecule has 1 unspecified atom stereocenters. The summed E-state index contributed by atoms with van der Waals surface area (Å²) in [4.78, 5) is 53.4. The molecule has 0 radical (unpaired) electrons. The topological polar surface area (TPSA) is 146 Å². The number of rotatable bonds is 18. The molecule has 10 heteroatoms. The van der Waals surface area contributed by atoms with Crippen LogP contribution in [0.4, 0.5) is 4.79 Å². The molecule has 0 saturated heterocycles.